The van der Waals surface area contributed by atoms with E-state index in [1.807, 2.05) is 0 Å². The fraction of sp³-hybridized carbons (Fsp3) is 0.476. The molecular formula is C21H30N+. The Morgan fingerprint density at radius 3 is 1.86 bits per heavy atom. The minimum atomic E-state index is 0.225. The molecule has 0 spiro atoms. The predicted molar refractivity (Wildman–Crippen MR) is 94.2 cm³/mol. The maximum absolute atomic E-state index is 2.28. The molecular weight excluding hydrogens is 266 g/mol. The fourth-order valence-electron chi connectivity index (χ4n) is 2.93. The summed E-state index contributed by atoms with van der Waals surface area (Å²) >= 11 is 0. The summed E-state index contributed by atoms with van der Waals surface area (Å²) in [5.41, 5.74) is 4.44. The normalized spacial score (nSPS) is 11.9. The largest absolute Gasteiger partial charge is 0.201 e. The molecule has 0 bridgehead atoms. The van der Waals surface area contributed by atoms with Crippen molar-refractivity contribution >= 4 is 0 Å². The Bertz CT molecular complexity index is 569. The van der Waals surface area contributed by atoms with Gasteiger partial charge in [0, 0.05) is 17.7 Å². The molecule has 0 aliphatic carbocycles. The van der Waals surface area contributed by atoms with Crippen molar-refractivity contribution < 1.29 is 4.57 Å². The lowest BCUT2D eigenvalue weighted by Gasteiger charge is -2.18. The molecule has 2 aromatic rings. The van der Waals surface area contributed by atoms with Crippen molar-refractivity contribution in [2.24, 2.45) is 0 Å². The van der Waals surface area contributed by atoms with Crippen LogP contribution >= 0.6 is 0 Å². The highest BCUT2D eigenvalue weighted by atomic mass is 14.9. The molecule has 0 saturated carbocycles. The first-order chi connectivity index (χ1) is 10.4. The number of hydrogen-bond donors (Lipinski definition) is 0. The molecule has 0 aliphatic heterocycles. The van der Waals surface area contributed by atoms with Gasteiger partial charge in [-0.1, -0.05) is 58.9 Å². The van der Waals surface area contributed by atoms with Crippen molar-refractivity contribution in [3.8, 4) is 0 Å². The highest BCUT2D eigenvalue weighted by Crippen LogP contribution is 2.23. The first-order valence-electron chi connectivity index (χ1n) is 8.52. The molecule has 2 rings (SSSR count). The van der Waals surface area contributed by atoms with Crippen LogP contribution in [0.3, 0.4) is 0 Å². The lowest BCUT2D eigenvalue weighted by molar-refractivity contribution is -0.688. The topological polar surface area (TPSA) is 3.88 Å². The second kappa shape index (κ2) is 7.09. The third kappa shape index (κ3) is 4.19. The van der Waals surface area contributed by atoms with E-state index in [1.165, 1.54) is 29.5 Å². The number of rotatable bonds is 5. The quantitative estimate of drug-likeness (QED) is 0.666. The molecule has 22 heavy (non-hydrogen) atoms. The van der Waals surface area contributed by atoms with Gasteiger partial charge in [0.1, 0.15) is 0 Å². The van der Waals surface area contributed by atoms with Crippen molar-refractivity contribution in [3.63, 3.8) is 0 Å². The molecule has 1 nitrogen and oxygen atoms in total. The minimum Gasteiger partial charge on any atom is -0.201 e. The molecule has 0 radical (unpaired) electrons. The van der Waals surface area contributed by atoms with Crippen molar-refractivity contribution in [3.05, 3.63) is 65.5 Å². The van der Waals surface area contributed by atoms with Crippen LogP contribution in [0.1, 0.15) is 70.1 Å². The summed E-state index contributed by atoms with van der Waals surface area (Å²) < 4.78 is 2.26. The van der Waals surface area contributed by atoms with Gasteiger partial charge in [-0.15, -0.1) is 0 Å². The smallest absolute Gasteiger partial charge is 0.173 e. The summed E-state index contributed by atoms with van der Waals surface area (Å²) in [6.07, 6.45) is 6.86. The van der Waals surface area contributed by atoms with Gasteiger partial charge >= 0.3 is 0 Å². The summed E-state index contributed by atoms with van der Waals surface area (Å²) in [4.78, 5) is 0. The zero-order chi connectivity index (χ0) is 16.2. The Morgan fingerprint density at radius 1 is 0.864 bits per heavy atom. The third-order valence-corrected chi connectivity index (χ3v) is 4.56. The van der Waals surface area contributed by atoms with E-state index in [-0.39, 0.29) is 5.41 Å². The van der Waals surface area contributed by atoms with Crippen LogP contribution in [0.15, 0.2) is 48.8 Å². The molecule has 0 aliphatic rings. The van der Waals surface area contributed by atoms with Crippen LogP contribution in [0.4, 0.5) is 0 Å². The van der Waals surface area contributed by atoms with Crippen molar-refractivity contribution in [1.82, 2.24) is 0 Å². The van der Waals surface area contributed by atoms with Crippen molar-refractivity contribution in [2.75, 3.05) is 0 Å². The minimum absolute atomic E-state index is 0.225. The van der Waals surface area contributed by atoms with E-state index in [2.05, 4.69) is 88.0 Å². The van der Waals surface area contributed by atoms with Crippen molar-refractivity contribution in [1.29, 1.82) is 0 Å². The average molecular weight is 296 g/mol. The van der Waals surface area contributed by atoms with Crippen LogP contribution in [-0.4, -0.2) is 0 Å². The SMILES string of the molecule is CCC(CC)c1cc[n+](Cc2ccc(C(C)(C)C)cc2)cc1. The van der Waals surface area contributed by atoms with E-state index < -0.39 is 0 Å². The second-order valence-electron chi connectivity index (χ2n) is 7.26. The van der Waals surface area contributed by atoms with E-state index in [4.69, 9.17) is 0 Å². The van der Waals surface area contributed by atoms with Gasteiger partial charge in [0.25, 0.3) is 0 Å². The molecule has 0 atom stereocenters. The molecule has 0 N–H and O–H groups in total. The molecule has 1 aromatic carbocycles. The number of nitrogens with zero attached hydrogens (tertiary/aromatic N) is 1. The van der Waals surface area contributed by atoms with Crippen molar-refractivity contribution in [2.45, 2.75) is 65.3 Å². The van der Waals surface area contributed by atoms with Gasteiger partial charge in [-0.05, 0) is 35.3 Å². The lowest BCUT2D eigenvalue weighted by Crippen LogP contribution is -2.33. The maximum Gasteiger partial charge on any atom is 0.173 e. The van der Waals surface area contributed by atoms with Crippen LogP contribution in [0.25, 0.3) is 0 Å². The van der Waals surface area contributed by atoms with E-state index >= 15 is 0 Å². The highest BCUT2D eigenvalue weighted by molar-refractivity contribution is 5.27. The van der Waals surface area contributed by atoms with Gasteiger partial charge in [-0.25, -0.2) is 4.57 Å². The van der Waals surface area contributed by atoms with E-state index in [9.17, 15) is 0 Å². The highest BCUT2D eigenvalue weighted by Gasteiger charge is 2.14. The Hall–Kier alpha value is -1.63. The fourth-order valence-corrected chi connectivity index (χ4v) is 2.93. The molecule has 0 unspecified atom stereocenters. The van der Waals surface area contributed by atoms with Gasteiger partial charge in [-0.3, -0.25) is 0 Å². The average Bonchev–Trinajstić information content (AvgIpc) is 2.50. The van der Waals surface area contributed by atoms with Gasteiger partial charge in [0.05, 0.1) is 0 Å². The van der Waals surface area contributed by atoms with E-state index in [1.54, 1.807) is 0 Å². The molecule has 0 saturated heterocycles. The molecule has 118 valence electrons. The Morgan fingerprint density at radius 2 is 1.41 bits per heavy atom. The van der Waals surface area contributed by atoms with Crippen LogP contribution in [0.2, 0.25) is 0 Å². The van der Waals surface area contributed by atoms with E-state index in [0.717, 1.165) is 6.54 Å². The standard InChI is InChI=1S/C21H30N/c1-6-18(7-2)19-12-14-22(15-13-19)16-17-8-10-20(11-9-17)21(3,4)5/h8-15,18H,6-7,16H2,1-5H3/q+1. The summed E-state index contributed by atoms with van der Waals surface area (Å²) in [5.74, 6) is 0.695. The van der Waals surface area contributed by atoms with Gasteiger partial charge in [0.15, 0.2) is 18.9 Å². The zero-order valence-corrected chi connectivity index (χ0v) is 14.8. The van der Waals surface area contributed by atoms with Crippen LogP contribution in [0.5, 0.6) is 0 Å². The first-order valence-corrected chi connectivity index (χ1v) is 8.52. The predicted octanol–water partition coefficient (Wildman–Crippen LogP) is 5.22. The molecule has 0 fully saturated rings. The Balaban J connectivity index is 2.08. The third-order valence-electron chi connectivity index (χ3n) is 4.56. The molecule has 1 aromatic heterocycles. The second-order valence-corrected chi connectivity index (χ2v) is 7.26. The van der Waals surface area contributed by atoms with Crippen LogP contribution in [-0.2, 0) is 12.0 Å². The Labute approximate surface area is 136 Å². The van der Waals surface area contributed by atoms with Gasteiger partial charge < -0.3 is 0 Å². The number of aromatic nitrogens is 1. The first kappa shape index (κ1) is 16.7. The monoisotopic (exact) mass is 296 g/mol. The van der Waals surface area contributed by atoms with Gasteiger partial charge in [0.2, 0.25) is 0 Å². The summed E-state index contributed by atoms with van der Waals surface area (Å²) in [6, 6.07) is 13.6. The zero-order valence-electron chi connectivity index (χ0n) is 14.8. The van der Waals surface area contributed by atoms with Crippen LogP contribution in [0, 0.1) is 0 Å². The van der Waals surface area contributed by atoms with Crippen LogP contribution < -0.4 is 4.57 Å². The molecule has 1 heterocycles. The maximum atomic E-state index is 2.28. The lowest BCUT2D eigenvalue weighted by atomic mass is 9.87. The van der Waals surface area contributed by atoms with E-state index in [0.29, 0.717) is 5.92 Å². The molecule has 0 amide bonds. The summed E-state index contributed by atoms with van der Waals surface area (Å²) in [7, 11) is 0. The number of hydrogen-bond acceptors (Lipinski definition) is 0. The number of pyridine rings is 1. The summed E-state index contributed by atoms with van der Waals surface area (Å²) in [6.45, 7) is 12.2. The number of benzene rings is 1. The summed E-state index contributed by atoms with van der Waals surface area (Å²) in [5, 5.41) is 0. The molecule has 1 heteroatoms. The van der Waals surface area contributed by atoms with Gasteiger partial charge in [-0.2, -0.15) is 0 Å². The Kier molecular flexibility index (Phi) is 5.39.